The van der Waals surface area contributed by atoms with Gasteiger partial charge >= 0.3 is 11.9 Å². The highest BCUT2D eigenvalue weighted by Gasteiger charge is 2.44. The zero-order valence-corrected chi connectivity index (χ0v) is 12.8. The van der Waals surface area contributed by atoms with Crippen molar-refractivity contribution < 1.29 is 23.9 Å². The van der Waals surface area contributed by atoms with Gasteiger partial charge in [-0.1, -0.05) is 35.9 Å². The first-order chi connectivity index (χ1) is 10.5. The van der Waals surface area contributed by atoms with Crippen LogP contribution in [-0.4, -0.2) is 31.9 Å². The normalized spacial score (nSPS) is 21.5. The third-order valence-corrected chi connectivity index (χ3v) is 3.96. The number of hydrogen-bond acceptors (Lipinski definition) is 5. The number of ketones is 1. The molecule has 1 aromatic carbocycles. The third-order valence-electron chi connectivity index (χ3n) is 3.96. The van der Waals surface area contributed by atoms with Crippen molar-refractivity contribution in [3.8, 4) is 0 Å². The van der Waals surface area contributed by atoms with Crippen LogP contribution in [0.5, 0.6) is 0 Å². The molecule has 2 atom stereocenters. The summed E-state index contributed by atoms with van der Waals surface area (Å²) in [6.45, 7) is 1.72. The summed E-state index contributed by atoms with van der Waals surface area (Å²) in [5.41, 5.74) is 1.46. The van der Waals surface area contributed by atoms with E-state index in [0.717, 1.165) is 5.56 Å². The number of rotatable bonds is 3. The van der Waals surface area contributed by atoms with Crippen molar-refractivity contribution in [1.82, 2.24) is 0 Å². The molecule has 0 aromatic heterocycles. The van der Waals surface area contributed by atoms with E-state index >= 15 is 0 Å². The number of benzene rings is 1. The standard InChI is InChI=1S/C17H18O5/c1-10-9-12(11-7-5-4-6-8-11)14(17(20)22-3)15(18)13(10)16(19)21-2/h4-8,12,14H,9H2,1-3H3. The van der Waals surface area contributed by atoms with E-state index in [1.165, 1.54) is 14.2 Å². The van der Waals surface area contributed by atoms with E-state index < -0.39 is 23.6 Å². The van der Waals surface area contributed by atoms with Gasteiger partial charge in [-0.3, -0.25) is 9.59 Å². The molecule has 5 nitrogen and oxygen atoms in total. The van der Waals surface area contributed by atoms with Gasteiger partial charge in [-0.25, -0.2) is 4.79 Å². The van der Waals surface area contributed by atoms with E-state index in [1.54, 1.807) is 6.92 Å². The maximum atomic E-state index is 12.7. The van der Waals surface area contributed by atoms with Crippen LogP contribution in [-0.2, 0) is 23.9 Å². The molecular formula is C17H18O5. The van der Waals surface area contributed by atoms with Crippen molar-refractivity contribution in [3.05, 3.63) is 47.0 Å². The first kappa shape index (κ1) is 15.9. The number of methoxy groups -OCH3 is 2. The fourth-order valence-corrected chi connectivity index (χ4v) is 2.88. The topological polar surface area (TPSA) is 69.7 Å². The maximum Gasteiger partial charge on any atom is 0.341 e. The molecular weight excluding hydrogens is 284 g/mol. The Morgan fingerprint density at radius 3 is 2.27 bits per heavy atom. The summed E-state index contributed by atoms with van der Waals surface area (Å²) in [5.74, 6) is -3.23. The predicted octanol–water partition coefficient (Wildman–Crippen LogP) is 2.02. The molecule has 0 fully saturated rings. The summed E-state index contributed by atoms with van der Waals surface area (Å²) in [4.78, 5) is 36.6. The highest BCUT2D eigenvalue weighted by molar-refractivity contribution is 6.24. The molecule has 2 unspecified atom stereocenters. The maximum absolute atomic E-state index is 12.7. The smallest absolute Gasteiger partial charge is 0.341 e. The van der Waals surface area contributed by atoms with Crippen molar-refractivity contribution in [2.45, 2.75) is 19.3 Å². The number of hydrogen-bond donors (Lipinski definition) is 0. The summed E-state index contributed by atoms with van der Waals surface area (Å²) in [6.07, 6.45) is 0.431. The molecule has 1 aromatic rings. The second kappa shape index (κ2) is 6.56. The lowest BCUT2D eigenvalue weighted by Crippen LogP contribution is -2.38. The number of allylic oxidation sites excluding steroid dienone is 1. The summed E-state index contributed by atoms with van der Waals surface area (Å²) >= 11 is 0. The van der Waals surface area contributed by atoms with Gasteiger partial charge in [0.1, 0.15) is 11.5 Å². The predicted molar refractivity (Wildman–Crippen MR) is 79.0 cm³/mol. The van der Waals surface area contributed by atoms with Gasteiger partial charge < -0.3 is 9.47 Å². The van der Waals surface area contributed by atoms with Gasteiger partial charge in [0.15, 0.2) is 5.78 Å². The fourth-order valence-electron chi connectivity index (χ4n) is 2.88. The fraction of sp³-hybridized carbons (Fsp3) is 0.353. The van der Waals surface area contributed by atoms with E-state index in [2.05, 4.69) is 4.74 Å². The number of carbonyl (C=O) groups is 3. The Balaban J connectivity index is 2.51. The molecule has 116 valence electrons. The van der Waals surface area contributed by atoms with Crippen LogP contribution in [0.2, 0.25) is 0 Å². The van der Waals surface area contributed by atoms with Crippen LogP contribution in [0.25, 0.3) is 0 Å². The molecule has 0 heterocycles. The molecule has 0 spiro atoms. The third kappa shape index (κ3) is 2.79. The minimum absolute atomic E-state index is 0.0370. The van der Waals surface area contributed by atoms with Gasteiger partial charge in [-0.2, -0.15) is 0 Å². The Morgan fingerprint density at radius 1 is 1.09 bits per heavy atom. The van der Waals surface area contributed by atoms with Gasteiger partial charge in [0, 0.05) is 5.92 Å². The van der Waals surface area contributed by atoms with Crippen molar-refractivity contribution >= 4 is 17.7 Å². The Bertz CT molecular complexity index is 630. The van der Waals surface area contributed by atoms with Gasteiger partial charge in [0.05, 0.1) is 14.2 Å². The summed E-state index contributed by atoms with van der Waals surface area (Å²) in [6, 6.07) is 9.30. The Kier molecular flexibility index (Phi) is 4.75. The SMILES string of the molecule is COC(=O)C1=C(C)CC(c2ccccc2)C(C(=O)OC)C1=O. The number of Topliss-reactive ketones (excluding diaryl/α,β-unsaturated/α-hetero) is 1. The second-order valence-electron chi connectivity index (χ2n) is 5.23. The Labute approximate surface area is 128 Å². The molecule has 0 aliphatic heterocycles. The van der Waals surface area contributed by atoms with Gasteiger partial charge in [0.2, 0.25) is 0 Å². The molecule has 0 saturated heterocycles. The van der Waals surface area contributed by atoms with Gasteiger partial charge in [-0.15, -0.1) is 0 Å². The molecule has 22 heavy (non-hydrogen) atoms. The number of ether oxygens (including phenoxy) is 2. The molecule has 1 aliphatic carbocycles. The van der Waals surface area contributed by atoms with Gasteiger partial charge in [0.25, 0.3) is 0 Å². The van der Waals surface area contributed by atoms with E-state index in [0.29, 0.717) is 12.0 Å². The zero-order valence-electron chi connectivity index (χ0n) is 12.8. The minimum atomic E-state index is -1.02. The van der Waals surface area contributed by atoms with E-state index in [4.69, 9.17) is 4.74 Å². The van der Waals surface area contributed by atoms with Crippen LogP contribution in [0, 0.1) is 5.92 Å². The monoisotopic (exact) mass is 302 g/mol. The summed E-state index contributed by atoms with van der Waals surface area (Å²) in [5, 5.41) is 0. The summed E-state index contributed by atoms with van der Waals surface area (Å²) < 4.78 is 9.44. The van der Waals surface area contributed by atoms with E-state index in [1.807, 2.05) is 30.3 Å². The van der Waals surface area contributed by atoms with Crippen LogP contribution in [0.15, 0.2) is 41.5 Å². The van der Waals surface area contributed by atoms with Crippen LogP contribution >= 0.6 is 0 Å². The summed E-state index contributed by atoms with van der Waals surface area (Å²) in [7, 11) is 2.45. The minimum Gasteiger partial charge on any atom is -0.468 e. The molecule has 0 saturated carbocycles. The quantitative estimate of drug-likeness (QED) is 0.485. The first-order valence-corrected chi connectivity index (χ1v) is 6.96. The lowest BCUT2D eigenvalue weighted by Gasteiger charge is -2.30. The molecule has 2 rings (SSSR count). The first-order valence-electron chi connectivity index (χ1n) is 6.96. The van der Waals surface area contributed by atoms with Crippen molar-refractivity contribution in [2.24, 2.45) is 5.92 Å². The molecule has 0 N–H and O–H groups in total. The number of esters is 2. The van der Waals surface area contributed by atoms with E-state index in [9.17, 15) is 14.4 Å². The number of carbonyl (C=O) groups excluding carboxylic acids is 3. The second-order valence-corrected chi connectivity index (χ2v) is 5.23. The lowest BCUT2D eigenvalue weighted by molar-refractivity contribution is -0.150. The van der Waals surface area contributed by atoms with Crippen LogP contribution in [0.1, 0.15) is 24.8 Å². The average molecular weight is 302 g/mol. The highest BCUT2D eigenvalue weighted by Crippen LogP contribution is 2.39. The van der Waals surface area contributed by atoms with Crippen molar-refractivity contribution in [2.75, 3.05) is 14.2 Å². The molecule has 1 aliphatic rings. The lowest BCUT2D eigenvalue weighted by atomic mass is 9.72. The van der Waals surface area contributed by atoms with Crippen molar-refractivity contribution in [3.63, 3.8) is 0 Å². The Hall–Kier alpha value is -2.43. The van der Waals surface area contributed by atoms with Crippen LogP contribution in [0.3, 0.4) is 0 Å². The highest BCUT2D eigenvalue weighted by atomic mass is 16.5. The zero-order chi connectivity index (χ0) is 16.3. The largest absolute Gasteiger partial charge is 0.468 e. The van der Waals surface area contributed by atoms with Gasteiger partial charge in [-0.05, 0) is 18.9 Å². The molecule has 0 bridgehead atoms. The molecule has 5 heteroatoms. The Morgan fingerprint density at radius 2 is 1.73 bits per heavy atom. The molecule has 0 amide bonds. The van der Waals surface area contributed by atoms with Crippen LogP contribution < -0.4 is 0 Å². The van der Waals surface area contributed by atoms with Crippen molar-refractivity contribution in [1.29, 1.82) is 0 Å². The van der Waals surface area contributed by atoms with Crippen LogP contribution in [0.4, 0.5) is 0 Å². The average Bonchev–Trinajstić information content (AvgIpc) is 2.54. The molecule has 0 radical (unpaired) electrons. The van der Waals surface area contributed by atoms with E-state index in [-0.39, 0.29) is 11.5 Å².